The number of ether oxygens (including phenoxy) is 1. The highest BCUT2D eigenvalue weighted by Crippen LogP contribution is 2.42. The van der Waals surface area contributed by atoms with E-state index in [4.69, 9.17) is 7.80 Å². The van der Waals surface area contributed by atoms with Crippen molar-refractivity contribution in [1.29, 1.82) is 0 Å². The van der Waals surface area contributed by atoms with Gasteiger partial charge in [-0.2, -0.15) is 0 Å². The summed E-state index contributed by atoms with van der Waals surface area (Å²) in [5, 5.41) is 0. The Kier molecular flexibility index (Phi) is 4.72. The zero-order chi connectivity index (χ0) is 14.0. The average Bonchev–Trinajstić information content (AvgIpc) is 3.13. The molecule has 0 aromatic heterocycles. The van der Waals surface area contributed by atoms with Crippen LogP contribution in [0.15, 0.2) is 0 Å². The fourth-order valence-electron chi connectivity index (χ4n) is 4.05. The first kappa shape index (κ1) is 14.8. The molecule has 3 aliphatic heterocycles. The standard InChI is InChI=1S/C14H23IN2O3/c15-20-11-14-5-3-9-17(14)12(4-6-14)10-19-13(18)16-7-1-2-8-16/h12H,1-11H2/t12-,14-/m1/s1. The van der Waals surface area contributed by atoms with Crippen LogP contribution in [-0.4, -0.2) is 60.3 Å². The van der Waals surface area contributed by atoms with Crippen molar-refractivity contribution in [1.82, 2.24) is 9.80 Å². The van der Waals surface area contributed by atoms with Crippen LogP contribution in [0.1, 0.15) is 38.5 Å². The van der Waals surface area contributed by atoms with Crippen molar-refractivity contribution in [3.05, 3.63) is 0 Å². The Morgan fingerprint density at radius 1 is 1.20 bits per heavy atom. The molecule has 0 spiro atoms. The van der Waals surface area contributed by atoms with E-state index in [0.29, 0.717) is 12.6 Å². The van der Waals surface area contributed by atoms with E-state index in [9.17, 15) is 4.79 Å². The monoisotopic (exact) mass is 394 g/mol. The molecule has 2 atom stereocenters. The Balaban J connectivity index is 1.52. The van der Waals surface area contributed by atoms with Crippen molar-refractivity contribution in [2.24, 2.45) is 0 Å². The number of hydrogen-bond acceptors (Lipinski definition) is 4. The van der Waals surface area contributed by atoms with E-state index in [1.165, 1.54) is 19.3 Å². The first-order chi connectivity index (χ1) is 9.75. The van der Waals surface area contributed by atoms with Gasteiger partial charge in [0.15, 0.2) is 0 Å². The summed E-state index contributed by atoms with van der Waals surface area (Å²) in [6.45, 7) is 4.17. The third-order valence-electron chi connectivity index (χ3n) is 5.12. The maximum absolute atomic E-state index is 12.0. The number of carbonyl (C=O) groups excluding carboxylic acids is 1. The van der Waals surface area contributed by atoms with Gasteiger partial charge in [-0.05, 0) is 45.1 Å². The van der Waals surface area contributed by atoms with Crippen molar-refractivity contribution < 1.29 is 12.6 Å². The molecule has 1 amide bonds. The highest BCUT2D eigenvalue weighted by atomic mass is 127. The Morgan fingerprint density at radius 3 is 2.75 bits per heavy atom. The summed E-state index contributed by atoms with van der Waals surface area (Å²) in [6.07, 6.45) is 6.84. The summed E-state index contributed by atoms with van der Waals surface area (Å²) in [5.41, 5.74) is 0.214. The second-order valence-corrected chi connectivity index (χ2v) is 6.86. The number of hydrogen-bond donors (Lipinski definition) is 0. The van der Waals surface area contributed by atoms with Crippen molar-refractivity contribution in [2.75, 3.05) is 32.8 Å². The van der Waals surface area contributed by atoms with Crippen LogP contribution in [-0.2, 0) is 7.80 Å². The van der Waals surface area contributed by atoms with E-state index in [1.54, 1.807) is 0 Å². The lowest BCUT2D eigenvalue weighted by Gasteiger charge is -2.34. The molecule has 6 heteroatoms. The number of rotatable bonds is 4. The maximum Gasteiger partial charge on any atom is 0.409 e. The molecule has 5 nitrogen and oxygen atoms in total. The summed E-state index contributed by atoms with van der Waals surface area (Å²) >= 11 is 1.99. The lowest BCUT2D eigenvalue weighted by atomic mass is 9.95. The number of fused-ring (bicyclic) bond motifs is 1. The van der Waals surface area contributed by atoms with Gasteiger partial charge in [0.05, 0.1) is 6.61 Å². The van der Waals surface area contributed by atoms with Crippen molar-refractivity contribution in [3.63, 3.8) is 0 Å². The Hall–Kier alpha value is -0.0800. The predicted octanol–water partition coefficient (Wildman–Crippen LogP) is 2.58. The molecule has 3 heterocycles. The molecule has 3 aliphatic rings. The van der Waals surface area contributed by atoms with Gasteiger partial charge in [-0.3, -0.25) is 4.90 Å². The van der Waals surface area contributed by atoms with Gasteiger partial charge >= 0.3 is 6.09 Å². The van der Waals surface area contributed by atoms with E-state index < -0.39 is 0 Å². The molecular formula is C14H23IN2O3. The average molecular weight is 394 g/mol. The molecule has 3 rings (SSSR count). The fraction of sp³-hybridized carbons (Fsp3) is 0.929. The molecule has 0 saturated carbocycles. The molecule has 20 heavy (non-hydrogen) atoms. The molecule has 0 unspecified atom stereocenters. The van der Waals surface area contributed by atoms with E-state index in [0.717, 1.165) is 45.5 Å². The smallest absolute Gasteiger partial charge is 0.409 e. The van der Waals surface area contributed by atoms with Gasteiger partial charge in [-0.15, -0.1) is 0 Å². The van der Waals surface area contributed by atoms with Crippen LogP contribution in [0.4, 0.5) is 4.79 Å². The third-order valence-corrected chi connectivity index (χ3v) is 5.43. The van der Waals surface area contributed by atoms with Crippen molar-refractivity contribution in [2.45, 2.75) is 50.1 Å². The fourth-order valence-corrected chi connectivity index (χ4v) is 4.63. The second-order valence-electron chi connectivity index (χ2n) is 6.24. The van der Waals surface area contributed by atoms with Gasteiger partial charge in [-0.1, -0.05) is 0 Å². The molecule has 114 valence electrons. The van der Waals surface area contributed by atoms with Crippen LogP contribution in [0, 0.1) is 0 Å². The molecular weight excluding hydrogens is 371 g/mol. The first-order valence-electron chi connectivity index (χ1n) is 7.67. The number of nitrogens with zero attached hydrogens (tertiary/aromatic N) is 2. The molecule has 0 aromatic rings. The molecule has 0 aromatic carbocycles. The van der Waals surface area contributed by atoms with E-state index in [2.05, 4.69) is 4.90 Å². The molecule has 0 bridgehead atoms. The molecule has 0 aliphatic carbocycles. The number of halogens is 1. The van der Waals surface area contributed by atoms with Crippen molar-refractivity contribution in [3.8, 4) is 0 Å². The minimum absolute atomic E-state index is 0.121. The van der Waals surface area contributed by atoms with Crippen LogP contribution >= 0.6 is 23.0 Å². The second kappa shape index (κ2) is 6.36. The number of amides is 1. The highest BCUT2D eigenvalue weighted by molar-refractivity contribution is 14.1. The van der Waals surface area contributed by atoms with E-state index in [1.807, 2.05) is 27.9 Å². The number of carbonyl (C=O) groups is 1. The Bertz CT molecular complexity index is 362. The van der Waals surface area contributed by atoms with Gasteiger partial charge in [0.25, 0.3) is 0 Å². The highest BCUT2D eigenvalue weighted by Gasteiger charge is 2.49. The maximum atomic E-state index is 12.0. The topological polar surface area (TPSA) is 42.0 Å². The zero-order valence-electron chi connectivity index (χ0n) is 11.9. The molecule has 3 saturated heterocycles. The summed E-state index contributed by atoms with van der Waals surface area (Å²) in [5.74, 6) is 0. The predicted molar refractivity (Wildman–Crippen MR) is 83.8 cm³/mol. The van der Waals surface area contributed by atoms with Gasteiger partial charge in [-0.25, -0.2) is 4.79 Å². The lowest BCUT2D eigenvalue weighted by Crippen LogP contribution is -2.47. The minimum atomic E-state index is -0.121. The first-order valence-corrected chi connectivity index (χ1v) is 8.55. The van der Waals surface area contributed by atoms with Gasteiger partial charge < -0.3 is 12.7 Å². The van der Waals surface area contributed by atoms with E-state index in [-0.39, 0.29) is 11.6 Å². The van der Waals surface area contributed by atoms with Gasteiger partial charge in [0.1, 0.15) is 29.6 Å². The van der Waals surface area contributed by atoms with Gasteiger partial charge in [0.2, 0.25) is 0 Å². The molecule has 3 fully saturated rings. The summed E-state index contributed by atoms with van der Waals surface area (Å²) in [4.78, 5) is 16.3. The largest absolute Gasteiger partial charge is 0.448 e. The number of likely N-dealkylation sites (tertiary alicyclic amines) is 1. The van der Waals surface area contributed by atoms with Gasteiger partial charge in [0, 0.05) is 24.7 Å². The van der Waals surface area contributed by atoms with Crippen LogP contribution in [0.25, 0.3) is 0 Å². The van der Waals surface area contributed by atoms with Crippen LogP contribution in [0.5, 0.6) is 0 Å². The minimum Gasteiger partial charge on any atom is -0.448 e. The molecule has 0 N–H and O–H groups in total. The van der Waals surface area contributed by atoms with E-state index >= 15 is 0 Å². The van der Waals surface area contributed by atoms with Crippen LogP contribution < -0.4 is 0 Å². The van der Waals surface area contributed by atoms with Crippen LogP contribution in [0.2, 0.25) is 0 Å². The quantitative estimate of drug-likeness (QED) is 0.688. The Labute approximate surface area is 134 Å². The zero-order valence-corrected chi connectivity index (χ0v) is 14.0. The summed E-state index contributed by atoms with van der Waals surface area (Å²) in [7, 11) is 0. The normalized spacial score (nSPS) is 33.6. The Morgan fingerprint density at radius 2 is 2.00 bits per heavy atom. The van der Waals surface area contributed by atoms with Crippen molar-refractivity contribution >= 4 is 29.1 Å². The summed E-state index contributed by atoms with van der Waals surface area (Å²) < 4.78 is 10.9. The lowest BCUT2D eigenvalue weighted by molar-refractivity contribution is 0.0547. The third kappa shape index (κ3) is 2.78. The summed E-state index contributed by atoms with van der Waals surface area (Å²) in [6, 6.07) is 0.385. The molecule has 0 radical (unpaired) electrons. The van der Waals surface area contributed by atoms with Crippen LogP contribution in [0.3, 0.4) is 0 Å². The SMILES string of the molecule is O=C(OC[C@H]1CC[C@@]2(COI)CCCN12)N1CCCC1.